The minimum Gasteiger partial charge on any atom is -0.481 e. The Morgan fingerprint density at radius 2 is 1.94 bits per heavy atom. The number of aliphatic carboxylic acids is 1. The van der Waals surface area contributed by atoms with Gasteiger partial charge in [-0.1, -0.05) is 31.2 Å². The highest BCUT2D eigenvalue weighted by atomic mass is 32.2. The third kappa shape index (κ3) is 5.56. The van der Waals surface area contributed by atoms with E-state index in [1.54, 1.807) is 0 Å². The molecule has 0 aliphatic rings. The summed E-state index contributed by atoms with van der Waals surface area (Å²) in [5, 5.41) is 12.2. The maximum absolute atomic E-state index is 10.6. The number of hydrogen-bond acceptors (Lipinski definition) is 3. The number of rotatable bonds is 8. The minimum absolute atomic E-state index is 0.0950. The third-order valence-corrected chi connectivity index (χ3v) is 3.57. The molecule has 18 heavy (non-hydrogen) atoms. The first kappa shape index (κ1) is 15.1. The van der Waals surface area contributed by atoms with Crippen LogP contribution in [-0.2, 0) is 17.8 Å². The molecule has 0 fully saturated rings. The second kappa shape index (κ2) is 8.16. The van der Waals surface area contributed by atoms with Gasteiger partial charge in [0, 0.05) is 18.3 Å². The maximum Gasteiger partial charge on any atom is 0.307 e. The Kier molecular flexibility index (Phi) is 6.83. The molecule has 1 aromatic carbocycles. The molecule has 0 radical (unpaired) electrons. The van der Waals surface area contributed by atoms with Crippen LogP contribution in [0.5, 0.6) is 0 Å². The largest absolute Gasteiger partial charge is 0.481 e. The van der Waals surface area contributed by atoms with Crippen molar-refractivity contribution in [3.05, 3.63) is 35.4 Å². The Bertz CT molecular complexity index is 365. The molecular formula is C14H21NO2S. The Morgan fingerprint density at radius 1 is 1.33 bits per heavy atom. The van der Waals surface area contributed by atoms with E-state index in [0.717, 1.165) is 24.3 Å². The molecule has 0 aromatic heterocycles. The van der Waals surface area contributed by atoms with E-state index in [1.165, 1.54) is 5.56 Å². The molecule has 1 aromatic rings. The number of benzene rings is 1. The van der Waals surface area contributed by atoms with E-state index < -0.39 is 5.97 Å². The fourth-order valence-electron chi connectivity index (χ4n) is 1.73. The molecule has 1 unspecified atom stereocenters. The second-order valence-electron chi connectivity index (χ2n) is 4.33. The van der Waals surface area contributed by atoms with Gasteiger partial charge in [-0.2, -0.15) is 11.8 Å². The molecule has 0 saturated carbocycles. The Hall–Kier alpha value is -1.00. The highest BCUT2D eigenvalue weighted by molar-refractivity contribution is 7.98. The van der Waals surface area contributed by atoms with Gasteiger partial charge in [-0.25, -0.2) is 0 Å². The van der Waals surface area contributed by atoms with Crippen LogP contribution >= 0.6 is 11.8 Å². The van der Waals surface area contributed by atoms with E-state index in [1.807, 2.05) is 36.0 Å². The number of thioether (sulfide) groups is 1. The smallest absolute Gasteiger partial charge is 0.307 e. The lowest BCUT2D eigenvalue weighted by molar-refractivity contribution is -0.136. The van der Waals surface area contributed by atoms with E-state index in [-0.39, 0.29) is 6.42 Å². The molecule has 0 aliphatic carbocycles. The van der Waals surface area contributed by atoms with Crippen LogP contribution in [0.4, 0.5) is 0 Å². The zero-order valence-corrected chi connectivity index (χ0v) is 11.8. The summed E-state index contributed by atoms with van der Waals surface area (Å²) >= 11 is 1.85. The van der Waals surface area contributed by atoms with Gasteiger partial charge in [0.25, 0.3) is 0 Å². The van der Waals surface area contributed by atoms with Crippen LogP contribution in [0.2, 0.25) is 0 Å². The van der Waals surface area contributed by atoms with Crippen molar-refractivity contribution >= 4 is 17.7 Å². The van der Waals surface area contributed by atoms with Crippen molar-refractivity contribution in [2.24, 2.45) is 0 Å². The zero-order chi connectivity index (χ0) is 13.4. The first-order valence-electron chi connectivity index (χ1n) is 6.17. The van der Waals surface area contributed by atoms with Gasteiger partial charge in [-0.05, 0) is 23.8 Å². The average molecular weight is 267 g/mol. The van der Waals surface area contributed by atoms with E-state index in [2.05, 4.69) is 18.5 Å². The topological polar surface area (TPSA) is 49.3 Å². The molecule has 0 spiro atoms. The average Bonchev–Trinajstić information content (AvgIpc) is 2.35. The van der Waals surface area contributed by atoms with Gasteiger partial charge in [0.05, 0.1) is 6.42 Å². The van der Waals surface area contributed by atoms with Crippen molar-refractivity contribution in [2.45, 2.75) is 32.4 Å². The van der Waals surface area contributed by atoms with Crippen LogP contribution in [0.1, 0.15) is 24.5 Å². The molecule has 1 atom stereocenters. The molecule has 3 nitrogen and oxygen atoms in total. The molecule has 2 N–H and O–H groups in total. The molecule has 100 valence electrons. The van der Waals surface area contributed by atoms with E-state index >= 15 is 0 Å². The number of carboxylic acids is 1. The van der Waals surface area contributed by atoms with Crippen molar-refractivity contribution in [3.8, 4) is 0 Å². The van der Waals surface area contributed by atoms with Gasteiger partial charge in [-0.3, -0.25) is 4.79 Å². The van der Waals surface area contributed by atoms with Gasteiger partial charge in [0.15, 0.2) is 0 Å². The lowest BCUT2D eigenvalue weighted by Crippen LogP contribution is -2.30. The lowest BCUT2D eigenvalue weighted by atomic mass is 10.1. The summed E-state index contributed by atoms with van der Waals surface area (Å²) in [6.07, 6.45) is 3.33. The zero-order valence-electron chi connectivity index (χ0n) is 11.0. The number of nitrogens with one attached hydrogen (secondary N) is 1. The molecular weight excluding hydrogens is 246 g/mol. The summed E-state index contributed by atoms with van der Waals surface area (Å²) in [5.74, 6) is 0.333. The highest BCUT2D eigenvalue weighted by Crippen LogP contribution is 2.07. The quantitative estimate of drug-likeness (QED) is 0.760. The SMILES string of the molecule is CCC(CSC)NCc1ccc(CC(=O)O)cc1. The summed E-state index contributed by atoms with van der Waals surface area (Å²) in [4.78, 5) is 10.6. The first-order chi connectivity index (χ1) is 8.65. The summed E-state index contributed by atoms with van der Waals surface area (Å²) in [5.41, 5.74) is 2.05. The van der Waals surface area contributed by atoms with E-state index in [0.29, 0.717) is 6.04 Å². The maximum atomic E-state index is 10.6. The van der Waals surface area contributed by atoms with Crippen LogP contribution in [0.3, 0.4) is 0 Å². The van der Waals surface area contributed by atoms with Crippen LogP contribution in [0.25, 0.3) is 0 Å². The first-order valence-corrected chi connectivity index (χ1v) is 7.57. The van der Waals surface area contributed by atoms with Crippen LogP contribution < -0.4 is 5.32 Å². The van der Waals surface area contributed by atoms with Crippen molar-refractivity contribution < 1.29 is 9.90 Å². The number of carboxylic acid groups (broad SMARTS) is 1. The second-order valence-corrected chi connectivity index (χ2v) is 5.24. The van der Waals surface area contributed by atoms with Crippen molar-refractivity contribution in [3.63, 3.8) is 0 Å². The summed E-state index contributed by atoms with van der Waals surface area (Å²) < 4.78 is 0. The molecule has 0 amide bonds. The van der Waals surface area contributed by atoms with E-state index in [9.17, 15) is 4.79 Å². The number of carbonyl (C=O) groups is 1. The van der Waals surface area contributed by atoms with E-state index in [4.69, 9.17) is 5.11 Å². The van der Waals surface area contributed by atoms with Gasteiger partial charge in [0.1, 0.15) is 0 Å². The molecule has 1 rings (SSSR count). The fraction of sp³-hybridized carbons (Fsp3) is 0.500. The molecule has 4 heteroatoms. The third-order valence-electron chi connectivity index (χ3n) is 2.83. The van der Waals surface area contributed by atoms with Gasteiger partial charge >= 0.3 is 5.97 Å². The van der Waals surface area contributed by atoms with Gasteiger partial charge in [0.2, 0.25) is 0 Å². The normalized spacial score (nSPS) is 12.3. The molecule has 0 bridgehead atoms. The summed E-state index contributed by atoms with van der Waals surface area (Å²) in [6.45, 7) is 3.02. The van der Waals surface area contributed by atoms with Crippen molar-refractivity contribution in [2.75, 3.05) is 12.0 Å². The van der Waals surface area contributed by atoms with Gasteiger partial charge < -0.3 is 10.4 Å². The minimum atomic E-state index is -0.785. The Morgan fingerprint density at radius 3 is 2.44 bits per heavy atom. The predicted octanol–water partition coefficient (Wildman–Crippen LogP) is 2.54. The Labute approximate surface area is 113 Å². The van der Waals surface area contributed by atoms with Crippen LogP contribution in [0, 0.1) is 0 Å². The van der Waals surface area contributed by atoms with Crippen LogP contribution in [-0.4, -0.2) is 29.1 Å². The Balaban J connectivity index is 2.45. The van der Waals surface area contributed by atoms with Crippen molar-refractivity contribution in [1.29, 1.82) is 0 Å². The highest BCUT2D eigenvalue weighted by Gasteiger charge is 2.05. The monoisotopic (exact) mass is 267 g/mol. The van der Waals surface area contributed by atoms with Crippen LogP contribution in [0.15, 0.2) is 24.3 Å². The molecule has 0 saturated heterocycles. The van der Waals surface area contributed by atoms with Gasteiger partial charge in [-0.15, -0.1) is 0 Å². The fourth-order valence-corrected chi connectivity index (χ4v) is 2.49. The summed E-state index contributed by atoms with van der Waals surface area (Å²) in [7, 11) is 0. The number of hydrogen-bond donors (Lipinski definition) is 2. The standard InChI is InChI=1S/C14H21NO2S/c1-3-13(10-18-2)15-9-12-6-4-11(5-7-12)8-14(16)17/h4-7,13,15H,3,8-10H2,1-2H3,(H,16,17). The lowest BCUT2D eigenvalue weighted by Gasteiger charge is -2.15. The summed E-state index contributed by atoms with van der Waals surface area (Å²) in [6, 6.07) is 8.31. The molecule has 0 aliphatic heterocycles. The predicted molar refractivity (Wildman–Crippen MR) is 77.1 cm³/mol. The van der Waals surface area contributed by atoms with Crippen molar-refractivity contribution in [1.82, 2.24) is 5.32 Å². The molecule has 0 heterocycles.